The van der Waals surface area contributed by atoms with E-state index in [2.05, 4.69) is 0 Å². The van der Waals surface area contributed by atoms with E-state index in [0.717, 1.165) is 18.2 Å². The number of nitriles is 1. The molecule has 2 aromatic carbocycles. The summed E-state index contributed by atoms with van der Waals surface area (Å²) in [6, 6.07) is 6.11. The number of rotatable bonds is 5. The van der Waals surface area contributed by atoms with Gasteiger partial charge in [0.1, 0.15) is 11.6 Å². The van der Waals surface area contributed by atoms with Crippen molar-refractivity contribution >= 4 is 29.0 Å². The molecule has 0 radical (unpaired) electrons. The molecule has 0 saturated heterocycles. The molecular formula is C17H9F3N4O6. The number of phenolic OH excluding ortho intramolecular Hbond substituents is 1. The van der Waals surface area contributed by atoms with Crippen LogP contribution in [0.15, 0.2) is 42.0 Å². The molecule has 0 bridgehead atoms. The van der Waals surface area contributed by atoms with Gasteiger partial charge in [-0.05, 0) is 24.3 Å². The number of aromatic hydroxyl groups is 1. The Hall–Kier alpha value is -4.47. The molecule has 10 nitrogen and oxygen atoms in total. The van der Waals surface area contributed by atoms with Crippen LogP contribution in [0.4, 0.5) is 30.2 Å². The van der Waals surface area contributed by atoms with Gasteiger partial charge in [-0.2, -0.15) is 18.4 Å². The molecule has 0 unspecified atom stereocenters. The van der Waals surface area contributed by atoms with Gasteiger partial charge in [0.15, 0.2) is 0 Å². The monoisotopic (exact) mass is 422 g/mol. The van der Waals surface area contributed by atoms with Gasteiger partial charge in [-0.3, -0.25) is 25.0 Å². The maximum atomic E-state index is 12.8. The van der Waals surface area contributed by atoms with Crippen molar-refractivity contribution in [3.63, 3.8) is 0 Å². The summed E-state index contributed by atoms with van der Waals surface area (Å²) in [6.07, 6.45) is -4.04. The summed E-state index contributed by atoms with van der Waals surface area (Å²) >= 11 is 0. The highest BCUT2D eigenvalue weighted by Crippen LogP contribution is 2.36. The van der Waals surface area contributed by atoms with E-state index in [9.17, 15) is 43.3 Å². The van der Waals surface area contributed by atoms with Crippen molar-refractivity contribution < 1.29 is 32.9 Å². The van der Waals surface area contributed by atoms with E-state index >= 15 is 0 Å². The molecule has 0 aliphatic rings. The molecule has 1 amide bonds. The Balaban J connectivity index is 2.45. The Labute approximate surface area is 164 Å². The number of amides is 1. The summed E-state index contributed by atoms with van der Waals surface area (Å²) in [6.45, 7) is 0. The minimum atomic E-state index is -4.68. The van der Waals surface area contributed by atoms with E-state index in [1.807, 2.05) is 5.32 Å². The molecule has 0 aliphatic carbocycles. The smallest absolute Gasteiger partial charge is 0.416 e. The predicted molar refractivity (Wildman–Crippen MR) is 95.1 cm³/mol. The van der Waals surface area contributed by atoms with Gasteiger partial charge in [0.05, 0.1) is 21.5 Å². The summed E-state index contributed by atoms with van der Waals surface area (Å²) < 4.78 is 38.3. The second-order valence-electron chi connectivity index (χ2n) is 5.62. The Kier molecular flexibility index (Phi) is 6.02. The van der Waals surface area contributed by atoms with Crippen LogP contribution in [0.2, 0.25) is 0 Å². The Morgan fingerprint density at radius 2 is 1.83 bits per heavy atom. The Morgan fingerprint density at radius 1 is 1.17 bits per heavy atom. The molecule has 30 heavy (non-hydrogen) atoms. The molecule has 13 heteroatoms. The lowest BCUT2D eigenvalue weighted by Gasteiger charge is -2.09. The van der Waals surface area contributed by atoms with Crippen LogP contribution in [0.1, 0.15) is 11.1 Å². The van der Waals surface area contributed by atoms with Crippen molar-refractivity contribution in [1.29, 1.82) is 5.26 Å². The first kappa shape index (κ1) is 21.8. The van der Waals surface area contributed by atoms with Gasteiger partial charge in [0, 0.05) is 17.3 Å². The van der Waals surface area contributed by atoms with Crippen LogP contribution in [-0.4, -0.2) is 20.9 Å². The second-order valence-corrected chi connectivity index (χ2v) is 5.62. The van der Waals surface area contributed by atoms with Gasteiger partial charge in [-0.15, -0.1) is 0 Å². The van der Waals surface area contributed by atoms with Crippen molar-refractivity contribution in [2.45, 2.75) is 6.18 Å². The maximum Gasteiger partial charge on any atom is 0.416 e. The highest BCUT2D eigenvalue weighted by Gasteiger charge is 2.30. The second kappa shape index (κ2) is 8.27. The summed E-state index contributed by atoms with van der Waals surface area (Å²) in [7, 11) is 0. The number of carbonyl (C=O) groups is 1. The molecule has 2 aromatic rings. The summed E-state index contributed by atoms with van der Waals surface area (Å²) in [5.41, 5.74) is -4.54. The normalized spacial score (nSPS) is 11.5. The van der Waals surface area contributed by atoms with E-state index < -0.39 is 55.8 Å². The summed E-state index contributed by atoms with van der Waals surface area (Å²) in [5.74, 6) is -2.24. The minimum Gasteiger partial charge on any atom is -0.502 e. The number of non-ortho nitro benzene ring substituents is 1. The number of carbonyl (C=O) groups excluding carboxylic acids is 1. The number of nitrogens with zero attached hydrogens (tertiary/aromatic N) is 3. The van der Waals surface area contributed by atoms with E-state index in [1.165, 1.54) is 6.07 Å². The molecule has 0 saturated carbocycles. The summed E-state index contributed by atoms with van der Waals surface area (Å²) in [5, 5.41) is 43.0. The number of nitro benzene ring substituents is 2. The minimum absolute atomic E-state index is 0.301. The molecule has 154 valence electrons. The standard InChI is InChI=1S/C17H9F3N4O6/c18-17(19,20)11-2-1-3-12(6-11)22-16(26)10(8-21)4-9-5-13(23(27)28)7-14(15(9)25)24(29)30/h1-7,25H,(H,22,26)/b10-4-. The molecule has 0 spiro atoms. The number of hydrogen-bond donors (Lipinski definition) is 2. The summed E-state index contributed by atoms with van der Waals surface area (Å²) in [4.78, 5) is 32.0. The third-order valence-corrected chi connectivity index (χ3v) is 3.62. The van der Waals surface area contributed by atoms with Gasteiger partial charge in [0.2, 0.25) is 5.75 Å². The topological polar surface area (TPSA) is 159 Å². The first-order valence-electron chi connectivity index (χ1n) is 7.70. The van der Waals surface area contributed by atoms with Crippen molar-refractivity contribution in [2.75, 3.05) is 5.32 Å². The molecular weight excluding hydrogens is 413 g/mol. The number of nitro groups is 2. The lowest BCUT2D eigenvalue weighted by atomic mass is 10.1. The van der Waals surface area contributed by atoms with E-state index in [4.69, 9.17) is 5.26 Å². The van der Waals surface area contributed by atoms with Gasteiger partial charge >= 0.3 is 11.9 Å². The van der Waals surface area contributed by atoms with Crippen LogP contribution >= 0.6 is 0 Å². The fraction of sp³-hybridized carbons (Fsp3) is 0.0588. The molecule has 0 aliphatic heterocycles. The Morgan fingerprint density at radius 3 is 2.37 bits per heavy atom. The van der Waals surface area contributed by atoms with Gasteiger partial charge in [0.25, 0.3) is 11.6 Å². The number of hydrogen-bond acceptors (Lipinski definition) is 7. The number of phenols is 1. The van der Waals surface area contributed by atoms with Crippen molar-refractivity contribution in [2.24, 2.45) is 0 Å². The zero-order valence-electron chi connectivity index (χ0n) is 14.5. The molecule has 2 rings (SSSR count). The lowest BCUT2D eigenvalue weighted by molar-refractivity contribution is -0.394. The van der Waals surface area contributed by atoms with Crippen LogP contribution in [0.3, 0.4) is 0 Å². The average molecular weight is 422 g/mol. The maximum absolute atomic E-state index is 12.8. The Bertz CT molecular complexity index is 1120. The fourth-order valence-corrected chi connectivity index (χ4v) is 2.26. The van der Waals surface area contributed by atoms with Crippen LogP contribution in [0.25, 0.3) is 6.08 Å². The first-order valence-corrected chi connectivity index (χ1v) is 7.70. The van der Waals surface area contributed by atoms with Gasteiger partial charge in [-0.25, -0.2) is 0 Å². The predicted octanol–water partition coefficient (Wildman–Crippen LogP) is 3.77. The third-order valence-electron chi connectivity index (χ3n) is 3.62. The van der Waals surface area contributed by atoms with Crippen LogP contribution in [0.5, 0.6) is 5.75 Å². The third kappa shape index (κ3) is 4.87. The van der Waals surface area contributed by atoms with Crippen molar-refractivity contribution in [3.05, 3.63) is 73.3 Å². The largest absolute Gasteiger partial charge is 0.502 e. The zero-order valence-corrected chi connectivity index (χ0v) is 14.5. The van der Waals surface area contributed by atoms with Crippen molar-refractivity contribution in [1.82, 2.24) is 0 Å². The lowest BCUT2D eigenvalue weighted by Crippen LogP contribution is -2.14. The van der Waals surface area contributed by atoms with E-state index in [-0.39, 0.29) is 5.69 Å². The molecule has 2 N–H and O–H groups in total. The van der Waals surface area contributed by atoms with Gasteiger partial charge in [-0.1, -0.05) is 6.07 Å². The zero-order chi connectivity index (χ0) is 22.6. The average Bonchev–Trinajstić information content (AvgIpc) is 2.66. The number of benzene rings is 2. The van der Waals surface area contributed by atoms with Crippen molar-refractivity contribution in [3.8, 4) is 11.8 Å². The van der Waals surface area contributed by atoms with Crippen LogP contribution < -0.4 is 5.32 Å². The number of nitrogens with one attached hydrogen (secondary N) is 1. The molecule has 0 aromatic heterocycles. The SMILES string of the molecule is N#C/C(=C/c1cc([N+](=O)[O-])cc([N+](=O)[O-])c1O)C(=O)Nc1cccc(C(F)(F)F)c1. The van der Waals surface area contributed by atoms with E-state index in [0.29, 0.717) is 24.3 Å². The van der Waals surface area contributed by atoms with Gasteiger partial charge < -0.3 is 10.4 Å². The molecule has 0 heterocycles. The molecule has 0 atom stereocenters. The highest BCUT2D eigenvalue weighted by atomic mass is 19.4. The molecule has 0 fully saturated rings. The van der Waals surface area contributed by atoms with Crippen LogP contribution in [-0.2, 0) is 11.0 Å². The highest BCUT2D eigenvalue weighted by molar-refractivity contribution is 6.10. The number of halogens is 3. The fourth-order valence-electron chi connectivity index (χ4n) is 2.26. The first-order chi connectivity index (χ1) is 13.9. The van der Waals surface area contributed by atoms with Crippen LogP contribution in [0, 0.1) is 31.6 Å². The number of alkyl halides is 3. The van der Waals surface area contributed by atoms with E-state index in [1.54, 1.807) is 0 Å². The quantitative estimate of drug-likeness (QED) is 0.321. The number of anilines is 1.